The Kier molecular flexibility index (Phi) is 3.40. The summed E-state index contributed by atoms with van der Waals surface area (Å²) in [7, 11) is 0. The van der Waals surface area contributed by atoms with Crippen LogP contribution in [0.1, 0.15) is 0 Å². The SMILES string of the molecule is [C-]#[N+]c1ccc2[nH]c(-c3ccc(N)nc3)c(-c3ccc(F)cc3)c2n1. The molecule has 4 aromatic rings. The van der Waals surface area contributed by atoms with Gasteiger partial charge >= 0.3 is 0 Å². The third-order valence-corrected chi connectivity index (χ3v) is 3.95. The molecule has 0 saturated carbocycles. The molecule has 0 spiro atoms. The number of pyridine rings is 2. The van der Waals surface area contributed by atoms with Gasteiger partial charge in [-0.1, -0.05) is 18.7 Å². The van der Waals surface area contributed by atoms with Crippen molar-refractivity contribution in [1.82, 2.24) is 15.0 Å². The Morgan fingerprint density at radius 3 is 2.44 bits per heavy atom. The summed E-state index contributed by atoms with van der Waals surface area (Å²) in [5.41, 5.74) is 10.3. The van der Waals surface area contributed by atoms with Crippen molar-refractivity contribution in [1.29, 1.82) is 0 Å². The molecule has 0 bridgehead atoms. The van der Waals surface area contributed by atoms with E-state index in [2.05, 4.69) is 19.8 Å². The fourth-order valence-corrected chi connectivity index (χ4v) is 2.79. The first-order valence-electron chi connectivity index (χ1n) is 7.54. The molecule has 25 heavy (non-hydrogen) atoms. The minimum absolute atomic E-state index is 0.303. The molecule has 0 aliphatic rings. The number of hydrogen-bond donors (Lipinski definition) is 2. The molecule has 5 nitrogen and oxygen atoms in total. The zero-order valence-corrected chi connectivity index (χ0v) is 13.0. The van der Waals surface area contributed by atoms with Crippen LogP contribution in [0.25, 0.3) is 38.3 Å². The van der Waals surface area contributed by atoms with Crippen LogP contribution >= 0.6 is 0 Å². The molecule has 6 heteroatoms. The summed E-state index contributed by atoms with van der Waals surface area (Å²) in [5.74, 6) is 0.419. The smallest absolute Gasteiger partial charge is 0.270 e. The quantitative estimate of drug-likeness (QED) is 0.529. The van der Waals surface area contributed by atoms with Crippen LogP contribution in [-0.2, 0) is 0 Å². The van der Waals surface area contributed by atoms with E-state index in [0.29, 0.717) is 17.2 Å². The highest BCUT2D eigenvalue weighted by Crippen LogP contribution is 2.38. The summed E-state index contributed by atoms with van der Waals surface area (Å²) >= 11 is 0. The number of nitrogens with one attached hydrogen (secondary N) is 1. The monoisotopic (exact) mass is 329 g/mol. The summed E-state index contributed by atoms with van der Waals surface area (Å²) in [6.45, 7) is 7.20. The summed E-state index contributed by atoms with van der Waals surface area (Å²) in [4.78, 5) is 15.3. The first-order chi connectivity index (χ1) is 12.2. The van der Waals surface area contributed by atoms with Crippen molar-refractivity contribution in [3.63, 3.8) is 0 Å². The number of fused-ring (bicyclic) bond motifs is 1. The van der Waals surface area contributed by atoms with Gasteiger partial charge in [-0.05, 0) is 42.0 Å². The lowest BCUT2D eigenvalue weighted by molar-refractivity contribution is 0.628. The number of H-pyrrole nitrogens is 1. The van der Waals surface area contributed by atoms with Gasteiger partial charge in [-0.2, -0.15) is 0 Å². The summed E-state index contributed by atoms with van der Waals surface area (Å²) in [5, 5.41) is 0. The Labute approximate surface area is 142 Å². The highest BCUT2D eigenvalue weighted by molar-refractivity contribution is 6.02. The van der Waals surface area contributed by atoms with E-state index in [0.717, 1.165) is 27.9 Å². The number of aromatic amines is 1. The maximum absolute atomic E-state index is 13.3. The van der Waals surface area contributed by atoms with E-state index < -0.39 is 0 Å². The second-order valence-corrected chi connectivity index (χ2v) is 5.53. The average Bonchev–Trinajstić information content (AvgIpc) is 3.01. The number of benzene rings is 1. The zero-order valence-electron chi connectivity index (χ0n) is 13.0. The lowest BCUT2D eigenvalue weighted by Gasteiger charge is -2.04. The van der Waals surface area contributed by atoms with Crippen molar-refractivity contribution in [2.75, 3.05) is 5.73 Å². The van der Waals surface area contributed by atoms with E-state index in [4.69, 9.17) is 12.3 Å². The largest absolute Gasteiger partial charge is 0.384 e. The minimum Gasteiger partial charge on any atom is -0.384 e. The van der Waals surface area contributed by atoms with Gasteiger partial charge < -0.3 is 15.6 Å². The van der Waals surface area contributed by atoms with E-state index in [9.17, 15) is 4.39 Å². The van der Waals surface area contributed by atoms with Gasteiger partial charge in [-0.3, -0.25) is 0 Å². The van der Waals surface area contributed by atoms with Crippen molar-refractivity contribution in [2.45, 2.75) is 0 Å². The molecule has 0 fully saturated rings. The first-order valence-corrected chi connectivity index (χ1v) is 7.54. The fourth-order valence-electron chi connectivity index (χ4n) is 2.79. The number of nitrogens with two attached hydrogens (primary N) is 1. The van der Waals surface area contributed by atoms with Crippen molar-refractivity contribution in [2.24, 2.45) is 0 Å². The van der Waals surface area contributed by atoms with Gasteiger partial charge in [0.1, 0.15) is 11.6 Å². The lowest BCUT2D eigenvalue weighted by Crippen LogP contribution is -1.90. The standard InChI is InChI=1S/C19H12FN5/c1-22-16-9-7-14-19(25-16)17(11-2-5-13(20)6-3-11)18(24-14)12-4-8-15(21)23-10-12/h2-10,24H,(H2,21,23). The summed E-state index contributed by atoms with van der Waals surface area (Å²) in [6.07, 6.45) is 1.67. The van der Waals surface area contributed by atoms with Crippen LogP contribution in [0.3, 0.4) is 0 Å². The van der Waals surface area contributed by atoms with Crippen molar-refractivity contribution >= 4 is 22.7 Å². The van der Waals surface area contributed by atoms with Gasteiger partial charge in [-0.15, -0.1) is 4.98 Å². The zero-order chi connectivity index (χ0) is 17.4. The number of nitrogens with zero attached hydrogens (tertiary/aromatic N) is 3. The Morgan fingerprint density at radius 1 is 1.00 bits per heavy atom. The molecule has 3 N–H and O–H groups in total. The average molecular weight is 329 g/mol. The van der Waals surface area contributed by atoms with Crippen LogP contribution < -0.4 is 5.73 Å². The molecule has 1 aromatic carbocycles. The third kappa shape index (κ3) is 2.58. The molecule has 120 valence electrons. The molecule has 0 amide bonds. The number of hydrogen-bond acceptors (Lipinski definition) is 3. The maximum atomic E-state index is 13.3. The molecule has 0 radical (unpaired) electrons. The maximum Gasteiger partial charge on any atom is 0.270 e. The van der Waals surface area contributed by atoms with Gasteiger partial charge in [0.05, 0.1) is 16.8 Å². The van der Waals surface area contributed by atoms with Gasteiger partial charge in [0.2, 0.25) is 0 Å². The van der Waals surface area contributed by atoms with Crippen molar-refractivity contribution in [3.05, 3.63) is 72.0 Å². The Hall–Kier alpha value is -3.72. The van der Waals surface area contributed by atoms with E-state index in [1.807, 2.05) is 12.1 Å². The molecule has 4 rings (SSSR count). The Balaban J connectivity index is 2.04. The highest BCUT2D eigenvalue weighted by Gasteiger charge is 2.19. The highest BCUT2D eigenvalue weighted by atomic mass is 19.1. The Morgan fingerprint density at radius 2 is 1.76 bits per heavy atom. The number of nitrogen functional groups attached to an aromatic ring is 1. The molecule has 3 heterocycles. The fraction of sp³-hybridized carbons (Fsp3) is 0. The molecular formula is C19H12FN5. The number of aromatic nitrogens is 3. The second-order valence-electron chi connectivity index (χ2n) is 5.53. The van der Waals surface area contributed by atoms with Crippen LogP contribution in [0, 0.1) is 12.4 Å². The van der Waals surface area contributed by atoms with Crippen LogP contribution in [0.2, 0.25) is 0 Å². The van der Waals surface area contributed by atoms with Crippen LogP contribution in [0.15, 0.2) is 54.7 Å². The lowest BCUT2D eigenvalue weighted by atomic mass is 10.0. The van der Waals surface area contributed by atoms with Crippen molar-refractivity contribution in [3.8, 4) is 22.4 Å². The molecular weight excluding hydrogens is 317 g/mol. The number of anilines is 1. The molecule has 0 atom stereocenters. The van der Waals surface area contributed by atoms with Gasteiger partial charge in [-0.25, -0.2) is 9.37 Å². The van der Waals surface area contributed by atoms with Crippen LogP contribution in [0.4, 0.5) is 16.0 Å². The minimum atomic E-state index is -0.311. The Bertz CT molecular complexity index is 1110. The number of halogens is 1. The molecule has 3 aromatic heterocycles. The predicted octanol–water partition coefficient (Wildman–Crippen LogP) is 4.56. The summed E-state index contributed by atoms with van der Waals surface area (Å²) in [6, 6.07) is 13.2. The topological polar surface area (TPSA) is 72.0 Å². The summed E-state index contributed by atoms with van der Waals surface area (Å²) < 4.78 is 13.3. The van der Waals surface area contributed by atoms with Crippen LogP contribution in [-0.4, -0.2) is 15.0 Å². The van der Waals surface area contributed by atoms with E-state index in [1.54, 1.807) is 30.5 Å². The first kappa shape index (κ1) is 14.8. The second kappa shape index (κ2) is 5.73. The third-order valence-electron chi connectivity index (χ3n) is 3.95. The van der Waals surface area contributed by atoms with Gasteiger partial charge in [0, 0.05) is 11.8 Å². The van der Waals surface area contributed by atoms with E-state index in [1.165, 1.54) is 12.1 Å². The predicted molar refractivity (Wildman–Crippen MR) is 95.4 cm³/mol. The normalized spacial score (nSPS) is 10.7. The molecule has 0 unspecified atom stereocenters. The molecule has 0 aliphatic heterocycles. The van der Waals surface area contributed by atoms with Crippen molar-refractivity contribution < 1.29 is 4.39 Å². The van der Waals surface area contributed by atoms with Gasteiger partial charge in [0.15, 0.2) is 5.52 Å². The molecule has 0 aliphatic carbocycles. The molecule has 0 saturated heterocycles. The number of rotatable bonds is 2. The van der Waals surface area contributed by atoms with Gasteiger partial charge in [0.25, 0.3) is 5.82 Å². The van der Waals surface area contributed by atoms with E-state index >= 15 is 0 Å². The van der Waals surface area contributed by atoms with Crippen LogP contribution in [0.5, 0.6) is 0 Å². The van der Waals surface area contributed by atoms with E-state index in [-0.39, 0.29) is 5.82 Å².